The second-order valence-electron chi connectivity index (χ2n) is 2.05. The van der Waals surface area contributed by atoms with Gasteiger partial charge in [-0.25, -0.2) is 4.79 Å². The summed E-state index contributed by atoms with van der Waals surface area (Å²) in [7, 11) is 0. The fourth-order valence-electron chi connectivity index (χ4n) is 0.804. The average molecular weight is 168 g/mol. The fourth-order valence-corrected chi connectivity index (χ4v) is 0.804. The number of nitrogens with one attached hydrogen (secondary N) is 1. The Balaban J connectivity index is 2.86. The van der Waals surface area contributed by atoms with Crippen LogP contribution in [0.15, 0.2) is 17.4 Å². The van der Waals surface area contributed by atoms with Crippen LogP contribution in [0.1, 0.15) is 17.4 Å². The first-order valence-electron chi connectivity index (χ1n) is 3.47. The average Bonchev–Trinajstić information content (AvgIpc) is 2.51. The van der Waals surface area contributed by atoms with Gasteiger partial charge in [-0.05, 0) is 18.2 Å². The van der Waals surface area contributed by atoms with Crippen molar-refractivity contribution >= 4 is 11.7 Å². The second-order valence-corrected chi connectivity index (χ2v) is 2.05. The zero-order valence-corrected chi connectivity index (χ0v) is 6.53. The van der Waals surface area contributed by atoms with Crippen LogP contribution in [0.5, 0.6) is 0 Å². The van der Waals surface area contributed by atoms with Gasteiger partial charge in [0.15, 0.2) is 5.69 Å². The molecule has 0 saturated heterocycles. The molecule has 64 valence electrons. The van der Waals surface area contributed by atoms with E-state index in [-0.39, 0.29) is 18.0 Å². The Kier molecular flexibility index (Phi) is 2.57. The molecule has 0 amide bonds. The van der Waals surface area contributed by atoms with Gasteiger partial charge in [0.25, 0.3) is 0 Å². The molecule has 0 aromatic carbocycles. The Bertz CT molecular complexity index is 293. The maximum atomic E-state index is 11.0. The van der Waals surface area contributed by atoms with Gasteiger partial charge in [-0.2, -0.15) is 0 Å². The summed E-state index contributed by atoms with van der Waals surface area (Å²) in [6, 6.07) is 1.42. The number of aromatic nitrogens is 1. The lowest BCUT2D eigenvalue weighted by molar-refractivity contribution is 0.0521. The third kappa shape index (κ3) is 1.50. The van der Waals surface area contributed by atoms with Gasteiger partial charge in [0.05, 0.1) is 6.61 Å². The molecule has 0 atom stereocenters. The van der Waals surface area contributed by atoms with Crippen molar-refractivity contribution in [2.24, 2.45) is 5.18 Å². The zero-order valence-electron chi connectivity index (χ0n) is 6.53. The number of esters is 1. The molecule has 0 unspecified atom stereocenters. The lowest BCUT2D eigenvalue weighted by Crippen LogP contribution is -2.04. The molecule has 12 heavy (non-hydrogen) atoms. The van der Waals surface area contributed by atoms with E-state index in [0.29, 0.717) is 0 Å². The van der Waals surface area contributed by atoms with Crippen LogP contribution in [-0.2, 0) is 4.74 Å². The van der Waals surface area contributed by atoms with Crippen molar-refractivity contribution in [3.63, 3.8) is 0 Å². The highest BCUT2D eigenvalue weighted by Gasteiger charge is 2.13. The van der Waals surface area contributed by atoms with Crippen molar-refractivity contribution in [3.8, 4) is 0 Å². The Morgan fingerprint density at radius 3 is 3.08 bits per heavy atom. The molecular formula is C7H8N2O3. The van der Waals surface area contributed by atoms with Gasteiger partial charge in [0.1, 0.15) is 5.69 Å². The largest absolute Gasteiger partial charge is 0.461 e. The Morgan fingerprint density at radius 2 is 2.50 bits per heavy atom. The van der Waals surface area contributed by atoms with Crippen molar-refractivity contribution < 1.29 is 9.53 Å². The van der Waals surface area contributed by atoms with Crippen LogP contribution >= 0.6 is 0 Å². The molecule has 0 spiro atoms. The second kappa shape index (κ2) is 3.66. The number of aromatic amines is 1. The summed E-state index contributed by atoms with van der Waals surface area (Å²) in [6.07, 6.45) is 1.46. The van der Waals surface area contributed by atoms with Gasteiger partial charge < -0.3 is 9.72 Å². The maximum absolute atomic E-state index is 11.0. The minimum atomic E-state index is -0.558. The minimum Gasteiger partial charge on any atom is -0.461 e. The monoisotopic (exact) mass is 168 g/mol. The molecule has 1 heterocycles. The summed E-state index contributed by atoms with van der Waals surface area (Å²) < 4.78 is 4.66. The number of rotatable bonds is 3. The lowest BCUT2D eigenvalue weighted by Gasteiger charge is -1.97. The predicted octanol–water partition coefficient (Wildman–Crippen LogP) is 1.59. The molecule has 1 N–H and O–H groups in total. The van der Waals surface area contributed by atoms with Crippen LogP contribution < -0.4 is 0 Å². The number of H-pyrrole nitrogens is 1. The molecule has 5 heteroatoms. The molecular weight excluding hydrogens is 160 g/mol. The van der Waals surface area contributed by atoms with E-state index in [1.165, 1.54) is 12.3 Å². The topological polar surface area (TPSA) is 71.5 Å². The Morgan fingerprint density at radius 1 is 1.75 bits per heavy atom. The number of hydrogen-bond donors (Lipinski definition) is 1. The van der Waals surface area contributed by atoms with E-state index < -0.39 is 5.97 Å². The van der Waals surface area contributed by atoms with E-state index in [0.717, 1.165) is 0 Å². The van der Waals surface area contributed by atoms with E-state index in [4.69, 9.17) is 0 Å². The van der Waals surface area contributed by atoms with Crippen molar-refractivity contribution in [3.05, 3.63) is 22.9 Å². The first kappa shape index (κ1) is 8.45. The van der Waals surface area contributed by atoms with Crippen LogP contribution in [0.2, 0.25) is 0 Å². The standard InChI is InChI=1S/C7H8N2O3/c1-2-12-7(10)6-5(9-11)3-4-8-6/h3-4,8H,2H2,1H3. The smallest absolute Gasteiger partial charge is 0.357 e. The maximum Gasteiger partial charge on any atom is 0.357 e. The van der Waals surface area contributed by atoms with Crippen molar-refractivity contribution in [2.45, 2.75) is 6.92 Å². The molecule has 1 aromatic rings. The predicted molar refractivity (Wildman–Crippen MR) is 42.2 cm³/mol. The van der Waals surface area contributed by atoms with Crippen LogP contribution in [0, 0.1) is 4.91 Å². The lowest BCUT2D eigenvalue weighted by atomic mass is 10.4. The van der Waals surface area contributed by atoms with Crippen LogP contribution in [-0.4, -0.2) is 17.6 Å². The summed E-state index contributed by atoms with van der Waals surface area (Å²) in [5.41, 5.74) is 0.181. The molecule has 0 saturated carbocycles. The normalized spacial score (nSPS) is 9.42. The number of carbonyl (C=O) groups excluding carboxylic acids is 1. The fraction of sp³-hybridized carbons (Fsp3) is 0.286. The summed E-state index contributed by atoms with van der Waals surface area (Å²) in [4.78, 5) is 23.7. The van der Waals surface area contributed by atoms with E-state index >= 15 is 0 Å². The summed E-state index contributed by atoms with van der Waals surface area (Å²) >= 11 is 0. The quantitative estimate of drug-likeness (QED) is 0.550. The van der Waals surface area contributed by atoms with Crippen molar-refractivity contribution in [1.29, 1.82) is 0 Å². The van der Waals surface area contributed by atoms with Crippen LogP contribution in [0.25, 0.3) is 0 Å². The van der Waals surface area contributed by atoms with Crippen LogP contribution in [0.4, 0.5) is 5.69 Å². The number of ether oxygens (including phenoxy) is 1. The van der Waals surface area contributed by atoms with Gasteiger partial charge in [0.2, 0.25) is 0 Å². The first-order valence-corrected chi connectivity index (χ1v) is 3.47. The third-order valence-electron chi connectivity index (χ3n) is 1.30. The molecule has 0 radical (unpaired) electrons. The molecule has 0 bridgehead atoms. The van der Waals surface area contributed by atoms with Crippen molar-refractivity contribution in [1.82, 2.24) is 4.98 Å². The summed E-state index contributed by atoms with van der Waals surface area (Å²) in [5, 5.41) is 2.65. The molecule has 0 aliphatic rings. The number of hydrogen-bond acceptors (Lipinski definition) is 4. The number of carbonyl (C=O) groups is 1. The number of nitroso groups, excluding NO2 is 1. The van der Waals surface area contributed by atoms with E-state index in [9.17, 15) is 9.70 Å². The molecule has 1 aromatic heterocycles. The SMILES string of the molecule is CCOC(=O)c1[nH]ccc1N=O. The highest BCUT2D eigenvalue weighted by molar-refractivity contribution is 5.92. The van der Waals surface area contributed by atoms with Gasteiger partial charge in [-0.1, -0.05) is 0 Å². The molecule has 0 fully saturated rings. The van der Waals surface area contributed by atoms with E-state index in [2.05, 4.69) is 14.9 Å². The van der Waals surface area contributed by atoms with E-state index in [1.807, 2.05) is 0 Å². The van der Waals surface area contributed by atoms with Gasteiger partial charge >= 0.3 is 5.97 Å². The molecule has 0 aliphatic heterocycles. The highest BCUT2D eigenvalue weighted by atomic mass is 16.5. The molecule has 0 aliphatic carbocycles. The summed E-state index contributed by atoms with van der Waals surface area (Å²) in [5.74, 6) is -0.558. The zero-order chi connectivity index (χ0) is 8.97. The Hall–Kier alpha value is -1.65. The van der Waals surface area contributed by atoms with Gasteiger partial charge in [0, 0.05) is 6.20 Å². The molecule has 5 nitrogen and oxygen atoms in total. The third-order valence-corrected chi connectivity index (χ3v) is 1.30. The Labute approximate surface area is 68.7 Å². The molecule has 1 rings (SSSR count). The van der Waals surface area contributed by atoms with Crippen LogP contribution in [0.3, 0.4) is 0 Å². The minimum absolute atomic E-state index is 0.0773. The van der Waals surface area contributed by atoms with E-state index in [1.54, 1.807) is 6.92 Å². The number of nitrogens with zero attached hydrogens (tertiary/aromatic N) is 1. The summed E-state index contributed by atoms with van der Waals surface area (Å²) in [6.45, 7) is 1.96. The van der Waals surface area contributed by atoms with Gasteiger partial charge in [-0.15, -0.1) is 4.91 Å². The van der Waals surface area contributed by atoms with Gasteiger partial charge in [-0.3, -0.25) is 0 Å². The first-order chi connectivity index (χ1) is 5.79. The highest BCUT2D eigenvalue weighted by Crippen LogP contribution is 2.17. The van der Waals surface area contributed by atoms with Crippen molar-refractivity contribution in [2.75, 3.05) is 6.61 Å².